The second-order valence-electron chi connectivity index (χ2n) is 5.98. The first-order chi connectivity index (χ1) is 11.7. The van der Waals surface area contributed by atoms with Crippen LogP contribution in [0.25, 0.3) is 11.3 Å². The van der Waals surface area contributed by atoms with Gasteiger partial charge < -0.3 is 15.4 Å². The van der Waals surface area contributed by atoms with E-state index in [9.17, 15) is 4.79 Å². The van der Waals surface area contributed by atoms with Crippen molar-refractivity contribution >= 4 is 22.4 Å². The molecule has 0 saturated carbocycles. The zero-order chi connectivity index (χ0) is 16.8. The third kappa shape index (κ3) is 4.79. The molecule has 2 heterocycles. The molecule has 1 saturated heterocycles. The Bertz CT molecular complexity index is 663. The van der Waals surface area contributed by atoms with Crippen LogP contribution in [0.4, 0.5) is 5.13 Å². The van der Waals surface area contributed by atoms with E-state index < -0.39 is 0 Å². The lowest BCUT2D eigenvalue weighted by Gasteiger charge is -2.09. The van der Waals surface area contributed by atoms with Crippen molar-refractivity contribution in [2.75, 3.05) is 25.0 Å². The Morgan fingerprint density at radius 1 is 1.38 bits per heavy atom. The molecule has 2 N–H and O–H groups in total. The second kappa shape index (κ2) is 8.26. The van der Waals surface area contributed by atoms with E-state index in [1.54, 1.807) is 11.3 Å². The molecule has 1 fully saturated rings. The summed E-state index contributed by atoms with van der Waals surface area (Å²) in [6, 6.07) is 8.36. The summed E-state index contributed by atoms with van der Waals surface area (Å²) < 4.78 is 5.61. The number of carbonyl (C=O) groups is 1. The number of rotatable bonds is 7. The highest BCUT2D eigenvalue weighted by molar-refractivity contribution is 7.14. The molecule has 0 bridgehead atoms. The number of ether oxygens (including phenoxy) is 1. The van der Waals surface area contributed by atoms with E-state index in [1.807, 2.05) is 0 Å². The third-order valence-corrected chi connectivity index (χ3v) is 4.85. The fourth-order valence-electron chi connectivity index (χ4n) is 2.72. The second-order valence-corrected chi connectivity index (χ2v) is 6.84. The van der Waals surface area contributed by atoms with Crippen molar-refractivity contribution in [3.8, 4) is 11.3 Å². The Labute approximate surface area is 146 Å². The van der Waals surface area contributed by atoms with Crippen LogP contribution in [-0.4, -0.2) is 36.7 Å². The minimum atomic E-state index is 0.0112. The molecule has 24 heavy (non-hydrogen) atoms. The molecule has 1 aromatic carbocycles. The number of aromatic nitrogens is 1. The van der Waals surface area contributed by atoms with Crippen molar-refractivity contribution in [2.24, 2.45) is 0 Å². The molecule has 3 rings (SSSR count). The number of amides is 1. The van der Waals surface area contributed by atoms with Crippen molar-refractivity contribution in [1.29, 1.82) is 0 Å². The fourth-order valence-corrected chi connectivity index (χ4v) is 3.45. The van der Waals surface area contributed by atoms with Crippen molar-refractivity contribution < 1.29 is 9.53 Å². The van der Waals surface area contributed by atoms with Gasteiger partial charge in [-0.25, -0.2) is 4.98 Å². The SMILES string of the molecule is CC(=O)NCCc1ccc(-c2csc(NC[C@@H]3CCCO3)n2)cc1. The smallest absolute Gasteiger partial charge is 0.216 e. The van der Waals surface area contributed by atoms with Gasteiger partial charge in [-0.2, -0.15) is 0 Å². The normalized spacial score (nSPS) is 17.0. The van der Waals surface area contributed by atoms with Gasteiger partial charge in [0.2, 0.25) is 5.91 Å². The van der Waals surface area contributed by atoms with Crippen molar-refractivity contribution in [3.63, 3.8) is 0 Å². The highest BCUT2D eigenvalue weighted by atomic mass is 32.1. The largest absolute Gasteiger partial charge is 0.376 e. The molecule has 0 radical (unpaired) electrons. The van der Waals surface area contributed by atoms with Gasteiger partial charge in [0.1, 0.15) is 0 Å². The molecule has 2 aromatic rings. The molecule has 0 spiro atoms. The lowest BCUT2D eigenvalue weighted by molar-refractivity contribution is -0.118. The minimum absolute atomic E-state index is 0.0112. The van der Waals surface area contributed by atoms with E-state index >= 15 is 0 Å². The van der Waals surface area contributed by atoms with Crippen LogP contribution in [0.1, 0.15) is 25.3 Å². The fraction of sp³-hybridized carbons (Fsp3) is 0.444. The van der Waals surface area contributed by atoms with Gasteiger partial charge in [0, 0.05) is 37.6 Å². The third-order valence-electron chi connectivity index (χ3n) is 4.05. The van der Waals surface area contributed by atoms with Crippen LogP contribution in [0.5, 0.6) is 0 Å². The molecule has 1 amide bonds. The molecule has 0 unspecified atom stereocenters. The summed E-state index contributed by atoms with van der Waals surface area (Å²) in [6.07, 6.45) is 3.44. The molecule has 0 aliphatic carbocycles. The highest BCUT2D eigenvalue weighted by Crippen LogP contribution is 2.25. The molecule has 1 aliphatic rings. The maximum absolute atomic E-state index is 10.9. The van der Waals surface area contributed by atoms with Crippen LogP contribution in [0.15, 0.2) is 29.6 Å². The molecule has 1 aromatic heterocycles. The predicted octanol–water partition coefficient (Wildman–Crippen LogP) is 3.08. The van der Waals surface area contributed by atoms with E-state index in [0.29, 0.717) is 12.6 Å². The van der Waals surface area contributed by atoms with Gasteiger partial charge in [0.05, 0.1) is 11.8 Å². The van der Waals surface area contributed by atoms with Crippen LogP contribution in [-0.2, 0) is 16.0 Å². The summed E-state index contributed by atoms with van der Waals surface area (Å²) in [7, 11) is 0. The average molecular weight is 345 g/mol. The number of hydrogen-bond donors (Lipinski definition) is 2. The Morgan fingerprint density at radius 2 is 2.21 bits per heavy atom. The summed E-state index contributed by atoms with van der Waals surface area (Å²) in [5.41, 5.74) is 3.31. The van der Waals surface area contributed by atoms with Crippen LogP contribution in [0.3, 0.4) is 0 Å². The van der Waals surface area contributed by atoms with E-state index in [4.69, 9.17) is 4.74 Å². The Morgan fingerprint density at radius 3 is 2.92 bits per heavy atom. The van der Waals surface area contributed by atoms with Gasteiger partial charge in [-0.15, -0.1) is 11.3 Å². The van der Waals surface area contributed by atoms with Gasteiger partial charge in [0.15, 0.2) is 5.13 Å². The summed E-state index contributed by atoms with van der Waals surface area (Å²) in [5, 5.41) is 9.20. The number of thiazole rings is 1. The van der Waals surface area contributed by atoms with Gasteiger partial charge in [-0.05, 0) is 24.8 Å². The average Bonchev–Trinajstić information content (AvgIpc) is 3.25. The van der Waals surface area contributed by atoms with E-state index in [2.05, 4.69) is 45.3 Å². The summed E-state index contributed by atoms with van der Waals surface area (Å²) in [6.45, 7) is 3.91. The quantitative estimate of drug-likeness (QED) is 0.809. The number of benzene rings is 1. The van der Waals surface area contributed by atoms with Crippen molar-refractivity contribution in [1.82, 2.24) is 10.3 Å². The topological polar surface area (TPSA) is 63.2 Å². The van der Waals surface area contributed by atoms with Gasteiger partial charge in [-0.1, -0.05) is 24.3 Å². The predicted molar refractivity (Wildman–Crippen MR) is 97.4 cm³/mol. The molecule has 1 aliphatic heterocycles. The monoisotopic (exact) mass is 345 g/mol. The first-order valence-electron chi connectivity index (χ1n) is 8.35. The number of anilines is 1. The first kappa shape index (κ1) is 16.9. The molecule has 6 heteroatoms. The lowest BCUT2D eigenvalue weighted by Crippen LogP contribution is -2.22. The van der Waals surface area contributed by atoms with Crippen LogP contribution in [0.2, 0.25) is 0 Å². The number of carbonyl (C=O) groups excluding carboxylic acids is 1. The van der Waals surface area contributed by atoms with E-state index in [-0.39, 0.29) is 5.91 Å². The van der Waals surface area contributed by atoms with Crippen LogP contribution < -0.4 is 10.6 Å². The van der Waals surface area contributed by atoms with Gasteiger partial charge >= 0.3 is 0 Å². The first-order valence-corrected chi connectivity index (χ1v) is 9.23. The van der Waals surface area contributed by atoms with Crippen LogP contribution >= 0.6 is 11.3 Å². The maximum Gasteiger partial charge on any atom is 0.216 e. The van der Waals surface area contributed by atoms with Crippen molar-refractivity contribution in [3.05, 3.63) is 35.2 Å². The molecule has 1 atom stereocenters. The summed E-state index contributed by atoms with van der Waals surface area (Å²) in [5.74, 6) is 0.0112. The molecule has 128 valence electrons. The zero-order valence-electron chi connectivity index (χ0n) is 13.9. The van der Waals surface area contributed by atoms with Crippen LogP contribution in [0, 0.1) is 0 Å². The molecular formula is C18H23N3O2S. The Hall–Kier alpha value is -1.92. The standard InChI is InChI=1S/C18H23N3O2S/c1-13(22)19-9-8-14-4-6-15(7-5-14)17-12-24-18(21-17)20-11-16-3-2-10-23-16/h4-7,12,16H,2-3,8-11H2,1H3,(H,19,22)(H,20,21)/t16-/m0/s1. The molecular weight excluding hydrogens is 322 g/mol. The molecule has 5 nitrogen and oxygen atoms in total. The number of nitrogens with one attached hydrogen (secondary N) is 2. The van der Waals surface area contributed by atoms with E-state index in [0.717, 1.165) is 48.8 Å². The lowest BCUT2D eigenvalue weighted by atomic mass is 10.1. The van der Waals surface area contributed by atoms with E-state index in [1.165, 1.54) is 12.5 Å². The number of hydrogen-bond acceptors (Lipinski definition) is 5. The zero-order valence-corrected chi connectivity index (χ0v) is 14.7. The minimum Gasteiger partial charge on any atom is -0.376 e. The number of nitrogens with zero attached hydrogens (tertiary/aromatic N) is 1. The maximum atomic E-state index is 10.9. The Balaban J connectivity index is 1.53. The summed E-state index contributed by atoms with van der Waals surface area (Å²) in [4.78, 5) is 15.5. The van der Waals surface area contributed by atoms with Gasteiger partial charge in [0.25, 0.3) is 0 Å². The Kier molecular flexibility index (Phi) is 5.82. The van der Waals surface area contributed by atoms with Gasteiger partial charge in [-0.3, -0.25) is 4.79 Å². The highest BCUT2D eigenvalue weighted by Gasteiger charge is 2.15. The summed E-state index contributed by atoms with van der Waals surface area (Å²) >= 11 is 1.62. The van der Waals surface area contributed by atoms with Crippen molar-refractivity contribution in [2.45, 2.75) is 32.3 Å².